The van der Waals surface area contributed by atoms with Gasteiger partial charge in [-0.05, 0) is 44.5 Å². The van der Waals surface area contributed by atoms with Gasteiger partial charge in [0, 0.05) is 16.8 Å². The van der Waals surface area contributed by atoms with E-state index >= 15 is 0 Å². The summed E-state index contributed by atoms with van der Waals surface area (Å²) in [6.07, 6.45) is 0.596. The fourth-order valence-electron chi connectivity index (χ4n) is 2.35. The summed E-state index contributed by atoms with van der Waals surface area (Å²) < 4.78 is 0. The minimum atomic E-state index is -0.422. The Morgan fingerprint density at radius 2 is 1.84 bits per heavy atom. The summed E-state index contributed by atoms with van der Waals surface area (Å²) in [7, 11) is 0. The van der Waals surface area contributed by atoms with Crippen molar-refractivity contribution in [1.82, 2.24) is 5.43 Å². The molecule has 0 aliphatic carbocycles. The van der Waals surface area contributed by atoms with Crippen molar-refractivity contribution in [2.45, 2.75) is 33.2 Å². The molecule has 25 heavy (non-hydrogen) atoms. The minimum Gasteiger partial charge on any atom is -0.508 e. The Bertz CT molecular complexity index is 773. The molecule has 0 radical (unpaired) electrons. The van der Waals surface area contributed by atoms with Crippen LogP contribution in [0.3, 0.4) is 0 Å². The van der Waals surface area contributed by atoms with Gasteiger partial charge in [0.05, 0.1) is 5.71 Å². The summed E-state index contributed by atoms with van der Waals surface area (Å²) in [4.78, 5) is 12.3. The van der Waals surface area contributed by atoms with Crippen LogP contribution >= 0.6 is 0 Å². The molecule has 0 heterocycles. The predicted molar refractivity (Wildman–Crippen MR) is 99.0 cm³/mol. The van der Waals surface area contributed by atoms with Gasteiger partial charge in [-0.3, -0.25) is 4.79 Å². The van der Waals surface area contributed by atoms with Crippen LogP contribution < -0.4 is 10.7 Å². The van der Waals surface area contributed by atoms with Crippen LogP contribution in [0.4, 0.5) is 5.69 Å². The summed E-state index contributed by atoms with van der Waals surface area (Å²) >= 11 is 0. The number of para-hydroxylation sites is 1. The van der Waals surface area contributed by atoms with E-state index in [-0.39, 0.29) is 17.4 Å². The van der Waals surface area contributed by atoms with Crippen molar-refractivity contribution >= 4 is 17.3 Å². The third-order valence-corrected chi connectivity index (χ3v) is 3.97. The fraction of sp³-hybridized carbons (Fsp3) is 0.263. The van der Waals surface area contributed by atoms with Gasteiger partial charge in [0.2, 0.25) is 0 Å². The first-order chi connectivity index (χ1) is 11.9. The molecule has 6 heteroatoms. The van der Waals surface area contributed by atoms with Crippen LogP contribution in [-0.2, 0) is 4.79 Å². The molecule has 6 nitrogen and oxygen atoms in total. The molecule has 2 rings (SSSR count). The highest BCUT2D eigenvalue weighted by molar-refractivity contribution is 6.02. The first-order valence-electron chi connectivity index (χ1n) is 8.11. The molecule has 0 spiro atoms. The first-order valence-corrected chi connectivity index (χ1v) is 8.11. The van der Waals surface area contributed by atoms with Crippen LogP contribution in [0.15, 0.2) is 47.6 Å². The highest BCUT2D eigenvalue weighted by atomic mass is 16.3. The van der Waals surface area contributed by atoms with E-state index in [1.54, 1.807) is 19.9 Å². The molecular weight excluding hydrogens is 318 g/mol. The predicted octanol–water partition coefficient (Wildman–Crippen LogP) is 3.14. The third kappa shape index (κ3) is 4.50. The lowest BCUT2D eigenvalue weighted by atomic mass is 10.1. The normalized spacial score (nSPS) is 12.5. The van der Waals surface area contributed by atoms with E-state index in [2.05, 4.69) is 15.8 Å². The van der Waals surface area contributed by atoms with E-state index in [1.165, 1.54) is 6.07 Å². The van der Waals surface area contributed by atoms with E-state index in [1.807, 2.05) is 37.3 Å². The van der Waals surface area contributed by atoms with Crippen molar-refractivity contribution in [3.05, 3.63) is 53.6 Å². The molecule has 1 atom stereocenters. The van der Waals surface area contributed by atoms with Crippen molar-refractivity contribution in [3.63, 3.8) is 0 Å². The second-order valence-electron chi connectivity index (χ2n) is 5.75. The lowest BCUT2D eigenvalue weighted by Gasteiger charge is -2.16. The van der Waals surface area contributed by atoms with Crippen LogP contribution in [0, 0.1) is 6.92 Å². The number of phenolic OH excluding ortho intramolecular Hbond substituents is 2. The molecule has 4 N–H and O–H groups in total. The maximum atomic E-state index is 12.3. The lowest BCUT2D eigenvalue weighted by molar-refractivity contribution is -0.121. The molecule has 0 saturated carbocycles. The molecule has 1 amide bonds. The number of nitrogens with zero attached hydrogens (tertiary/aromatic N) is 1. The Kier molecular flexibility index (Phi) is 6.00. The van der Waals surface area contributed by atoms with Crippen LogP contribution in [0.5, 0.6) is 11.5 Å². The standard InChI is InChI=1S/C19H23N3O3/c1-4-16(20-14-8-6-5-7-9-14)19(25)22-21-13(3)15-10-11-17(23)12(2)18(15)24/h5-11,16,20,23-24H,4H2,1-3H3,(H,22,25)/b21-13+. The number of hydrogen-bond acceptors (Lipinski definition) is 5. The number of carbonyl (C=O) groups excluding carboxylic acids is 1. The number of aromatic hydroxyl groups is 2. The zero-order chi connectivity index (χ0) is 18.4. The van der Waals surface area contributed by atoms with E-state index in [0.717, 1.165) is 5.69 Å². The number of anilines is 1. The quantitative estimate of drug-likeness (QED) is 0.480. The molecule has 0 aliphatic rings. The highest BCUT2D eigenvalue weighted by Gasteiger charge is 2.16. The van der Waals surface area contributed by atoms with Crippen molar-refractivity contribution < 1.29 is 15.0 Å². The largest absolute Gasteiger partial charge is 0.508 e. The van der Waals surface area contributed by atoms with Crippen LogP contribution in [0.2, 0.25) is 0 Å². The Balaban J connectivity index is 2.08. The third-order valence-electron chi connectivity index (χ3n) is 3.97. The maximum Gasteiger partial charge on any atom is 0.262 e. The molecule has 2 aromatic carbocycles. The van der Waals surface area contributed by atoms with Gasteiger partial charge in [-0.2, -0.15) is 5.10 Å². The number of rotatable bonds is 6. The average molecular weight is 341 g/mol. The Morgan fingerprint density at radius 3 is 2.48 bits per heavy atom. The summed E-state index contributed by atoms with van der Waals surface area (Å²) in [6.45, 7) is 5.19. The number of benzene rings is 2. The van der Waals surface area contributed by atoms with Gasteiger partial charge < -0.3 is 15.5 Å². The highest BCUT2D eigenvalue weighted by Crippen LogP contribution is 2.29. The minimum absolute atomic E-state index is 0.0104. The molecule has 2 aromatic rings. The van der Waals surface area contributed by atoms with Gasteiger partial charge in [0.1, 0.15) is 17.5 Å². The number of amides is 1. The molecule has 132 valence electrons. The molecule has 0 bridgehead atoms. The first kappa shape index (κ1) is 18.3. The van der Waals surface area contributed by atoms with Crippen molar-refractivity contribution in [2.75, 3.05) is 5.32 Å². The van der Waals surface area contributed by atoms with Gasteiger partial charge in [0.15, 0.2) is 0 Å². The van der Waals surface area contributed by atoms with Crippen LogP contribution in [0.1, 0.15) is 31.4 Å². The smallest absolute Gasteiger partial charge is 0.262 e. The SMILES string of the molecule is CCC(Nc1ccccc1)C(=O)N/N=C(\C)c1ccc(O)c(C)c1O. The number of hydrogen-bond donors (Lipinski definition) is 4. The molecule has 0 aliphatic heterocycles. The molecule has 0 aromatic heterocycles. The second kappa shape index (κ2) is 8.19. The Hall–Kier alpha value is -3.02. The van der Waals surface area contributed by atoms with Crippen LogP contribution in [-0.4, -0.2) is 27.9 Å². The van der Waals surface area contributed by atoms with E-state index < -0.39 is 6.04 Å². The maximum absolute atomic E-state index is 12.3. The van der Waals surface area contributed by atoms with E-state index in [9.17, 15) is 15.0 Å². The monoisotopic (exact) mass is 341 g/mol. The summed E-state index contributed by atoms with van der Waals surface area (Å²) in [5.74, 6) is -0.304. The number of phenols is 2. The van der Waals surface area contributed by atoms with Crippen LogP contribution in [0.25, 0.3) is 0 Å². The van der Waals surface area contributed by atoms with Gasteiger partial charge in [-0.25, -0.2) is 5.43 Å². The van der Waals surface area contributed by atoms with Crippen molar-refractivity contribution in [2.24, 2.45) is 5.10 Å². The van der Waals surface area contributed by atoms with Gasteiger partial charge in [-0.1, -0.05) is 25.1 Å². The zero-order valence-electron chi connectivity index (χ0n) is 14.6. The average Bonchev–Trinajstić information content (AvgIpc) is 2.63. The Morgan fingerprint density at radius 1 is 1.16 bits per heavy atom. The topological polar surface area (TPSA) is 94.0 Å². The molecule has 0 saturated heterocycles. The summed E-state index contributed by atoms with van der Waals surface area (Å²) in [5, 5.41) is 26.9. The van der Waals surface area contributed by atoms with Crippen molar-refractivity contribution in [3.8, 4) is 11.5 Å². The van der Waals surface area contributed by atoms with Crippen molar-refractivity contribution in [1.29, 1.82) is 0 Å². The van der Waals surface area contributed by atoms with E-state index in [0.29, 0.717) is 23.3 Å². The zero-order valence-corrected chi connectivity index (χ0v) is 14.6. The molecular formula is C19H23N3O3. The number of nitrogens with one attached hydrogen (secondary N) is 2. The van der Waals surface area contributed by atoms with Gasteiger partial charge >= 0.3 is 0 Å². The summed E-state index contributed by atoms with van der Waals surface area (Å²) in [5.41, 5.74) is 4.66. The summed E-state index contributed by atoms with van der Waals surface area (Å²) in [6, 6.07) is 12.1. The van der Waals surface area contributed by atoms with Gasteiger partial charge in [-0.15, -0.1) is 0 Å². The fourth-order valence-corrected chi connectivity index (χ4v) is 2.35. The Labute approximate surface area is 147 Å². The molecule has 1 unspecified atom stereocenters. The lowest BCUT2D eigenvalue weighted by Crippen LogP contribution is -2.37. The number of hydrazone groups is 1. The number of carbonyl (C=O) groups is 1. The van der Waals surface area contributed by atoms with E-state index in [4.69, 9.17) is 0 Å². The van der Waals surface area contributed by atoms with Gasteiger partial charge in [0.25, 0.3) is 5.91 Å². The second-order valence-corrected chi connectivity index (χ2v) is 5.75. The molecule has 0 fully saturated rings.